The lowest BCUT2D eigenvalue weighted by Crippen LogP contribution is -2.33. The first kappa shape index (κ1) is 19.3. The number of halogens is 2. The van der Waals surface area contributed by atoms with Crippen LogP contribution in [-0.2, 0) is 0 Å². The van der Waals surface area contributed by atoms with E-state index in [1.165, 1.54) is 0 Å². The highest BCUT2D eigenvalue weighted by atomic mass is 35.5. The number of fused-ring (bicyclic) bond motifs is 3. The highest BCUT2D eigenvalue weighted by molar-refractivity contribution is 6.31. The van der Waals surface area contributed by atoms with Gasteiger partial charge in [0.2, 0.25) is 6.23 Å². The molecule has 4 nitrogen and oxygen atoms in total. The molecule has 0 saturated heterocycles. The van der Waals surface area contributed by atoms with Gasteiger partial charge in [0.25, 0.3) is 0 Å². The van der Waals surface area contributed by atoms with E-state index in [2.05, 4.69) is 12.1 Å². The summed E-state index contributed by atoms with van der Waals surface area (Å²) in [6.45, 7) is 2.62. The van der Waals surface area contributed by atoms with Crippen LogP contribution < -0.4 is 9.47 Å². The van der Waals surface area contributed by atoms with Crippen molar-refractivity contribution < 1.29 is 9.47 Å². The molecule has 0 unspecified atom stereocenters. The van der Waals surface area contributed by atoms with Crippen LogP contribution in [0.2, 0.25) is 10.0 Å². The molecule has 2 aliphatic rings. The molecule has 3 aromatic rings. The number of nitrogens with zero attached hydrogens (tertiary/aromatic N) is 2. The van der Waals surface area contributed by atoms with Crippen molar-refractivity contribution in [3.63, 3.8) is 0 Å². The Morgan fingerprint density at radius 3 is 2.60 bits per heavy atom. The molecule has 0 saturated carbocycles. The molecule has 0 spiro atoms. The van der Waals surface area contributed by atoms with Gasteiger partial charge in [-0.15, -0.1) is 0 Å². The Morgan fingerprint density at radius 1 is 1.03 bits per heavy atom. The van der Waals surface area contributed by atoms with Crippen LogP contribution in [-0.4, -0.2) is 17.3 Å². The molecule has 0 radical (unpaired) electrons. The predicted octanol–water partition coefficient (Wildman–Crippen LogP) is 6.63. The average Bonchev–Trinajstić information content (AvgIpc) is 3.20. The summed E-state index contributed by atoms with van der Waals surface area (Å²) in [7, 11) is 0. The van der Waals surface area contributed by atoms with Crippen LogP contribution in [0.3, 0.4) is 0 Å². The molecule has 0 bridgehead atoms. The van der Waals surface area contributed by atoms with Crippen molar-refractivity contribution in [3.8, 4) is 11.5 Å². The molecule has 6 heteroatoms. The van der Waals surface area contributed by atoms with Gasteiger partial charge in [0.1, 0.15) is 11.5 Å². The lowest BCUT2D eigenvalue weighted by molar-refractivity contribution is -0.0190. The lowest BCUT2D eigenvalue weighted by Gasteiger charge is -2.38. The van der Waals surface area contributed by atoms with Crippen molar-refractivity contribution in [2.24, 2.45) is 5.10 Å². The standard InChI is InChI=1S/C24H20Cl2N2O2/c1-2-29-19-9-6-15(7-10-19)21-14-22-20-13-18(26)8-11-23(20)30-24(28(22)27-21)16-4-3-5-17(25)12-16/h3-13,22,24H,2,14H2,1H3/t22-,24-/m0/s1. The fourth-order valence-electron chi connectivity index (χ4n) is 4.02. The molecule has 0 aliphatic carbocycles. The van der Waals surface area contributed by atoms with E-state index in [4.69, 9.17) is 37.8 Å². The van der Waals surface area contributed by atoms with Crippen LogP contribution >= 0.6 is 23.2 Å². The first-order chi connectivity index (χ1) is 14.6. The van der Waals surface area contributed by atoms with Crippen LogP contribution in [0, 0.1) is 0 Å². The monoisotopic (exact) mass is 438 g/mol. The molecule has 3 aromatic carbocycles. The van der Waals surface area contributed by atoms with Crippen molar-refractivity contribution in [3.05, 3.63) is 93.5 Å². The number of rotatable bonds is 4. The van der Waals surface area contributed by atoms with E-state index in [1.54, 1.807) is 0 Å². The average molecular weight is 439 g/mol. The summed E-state index contributed by atoms with van der Waals surface area (Å²) in [6.07, 6.45) is 0.407. The van der Waals surface area contributed by atoms with E-state index < -0.39 is 0 Å². The number of benzene rings is 3. The lowest BCUT2D eigenvalue weighted by atomic mass is 9.96. The zero-order valence-electron chi connectivity index (χ0n) is 16.4. The Bertz CT molecular complexity index is 1110. The van der Waals surface area contributed by atoms with Crippen LogP contribution in [0.25, 0.3) is 0 Å². The summed E-state index contributed by atoms with van der Waals surface area (Å²) in [5, 5.41) is 8.35. The largest absolute Gasteiger partial charge is 0.494 e. The van der Waals surface area contributed by atoms with Gasteiger partial charge in [-0.05, 0) is 67.1 Å². The van der Waals surface area contributed by atoms with E-state index in [-0.39, 0.29) is 12.3 Å². The van der Waals surface area contributed by atoms with Crippen molar-refractivity contribution >= 4 is 28.9 Å². The second kappa shape index (κ2) is 7.86. The van der Waals surface area contributed by atoms with E-state index >= 15 is 0 Å². The SMILES string of the molecule is CCOc1ccc(C2=NN3[C@@H](C2)c2cc(Cl)ccc2O[C@H]3c2cccc(Cl)c2)cc1. The smallest absolute Gasteiger partial charge is 0.213 e. The zero-order chi connectivity index (χ0) is 20.7. The summed E-state index contributed by atoms with van der Waals surface area (Å²) in [5.41, 5.74) is 4.09. The van der Waals surface area contributed by atoms with Gasteiger partial charge < -0.3 is 9.47 Å². The third-order valence-corrected chi connectivity index (χ3v) is 5.85. The summed E-state index contributed by atoms with van der Waals surface area (Å²) in [4.78, 5) is 0. The fraction of sp³-hybridized carbons (Fsp3) is 0.208. The molecule has 0 fully saturated rings. The molecule has 2 aliphatic heterocycles. The molecule has 0 aromatic heterocycles. The minimum absolute atomic E-state index is 0.0398. The van der Waals surface area contributed by atoms with Crippen LogP contribution in [0.15, 0.2) is 71.8 Å². The first-order valence-corrected chi connectivity index (χ1v) is 10.7. The van der Waals surface area contributed by atoms with Gasteiger partial charge >= 0.3 is 0 Å². The van der Waals surface area contributed by atoms with Crippen molar-refractivity contribution in [2.45, 2.75) is 25.6 Å². The number of hydrogen-bond acceptors (Lipinski definition) is 4. The third kappa shape index (κ3) is 3.51. The minimum Gasteiger partial charge on any atom is -0.494 e. The van der Waals surface area contributed by atoms with Gasteiger partial charge in [-0.3, -0.25) is 0 Å². The number of hydrazone groups is 1. The molecule has 0 N–H and O–H groups in total. The van der Waals surface area contributed by atoms with Crippen molar-refractivity contribution in [2.75, 3.05) is 6.61 Å². The van der Waals surface area contributed by atoms with Crippen molar-refractivity contribution in [1.29, 1.82) is 0 Å². The summed E-state index contributed by atoms with van der Waals surface area (Å²) >= 11 is 12.6. The van der Waals surface area contributed by atoms with Crippen LogP contribution in [0.1, 0.15) is 42.3 Å². The van der Waals surface area contributed by atoms with Gasteiger partial charge in [0.05, 0.1) is 18.4 Å². The molecule has 2 heterocycles. The van der Waals surface area contributed by atoms with Gasteiger partial charge in [-0.25, -0.2) is 5.01 Å². The van der Waals surface area contributed by atoms with Crippen LogP contribution in [0.5, 0.6) is 11.5 Å². The maximum absolute atomic E-state index is 6.36. The normalized spacial score (nSPS) is 19.6. The van der Waals surface area contributed by atoms with E-state index in [1.807, 2.05) is 66.5 Å². The Morgan fingerprint density at radius 2 is 1.83 bits per heavy atom. The number of ether oxygens (including phenoxy) is 2. The molecule has 152 valence electrons. The van der Waals surface area contributed by atoms with E-state index in [0.717, 1.165) is 40.3 Å². The molecule has 2 atom stereocenters. The minimum atomic E-state index is -0.359. The molecule has 30 heavy (non-hydrogen) atoms. The molecular weight excluding hydrogens is 419 g/mol. The highest BCUT2D eigenvalue weighted by Gasteiger charge is 2.41. The molecule has 0 amide bonds. The maximum atomic E-state index is 6.36. The Labute approximate surface area is 185 Å². The van der Waals surface area contributed by atoms with Gasteiger partial charge in [0, 0.05) is 27.6 Å². The van der Waals surface area contributed by atoms with E-state index in [9.17, 15) is 0 Å². The fourth-order valence-corrected chi connectivity index (χ4v) is 4.40. The molecular formula is C24H20Cl2N2O2. The summed E-state index contributed by atoms with van der Waals surface area (Å²) < 4.78 is 11.9. The Balaban J connectivity index is 1.55. The summed E-state index contributed by atoms with van der Waals surface area (Å²) in [6, 6.07) is 21.6. The first-order valence-electron chi connectivity index (χ1n) is 9.93. The van der Waals surface area contributed by atoms with Crippen LogP contribution in [0.4, 0.5) is 0 Å². The highest BCUT2D eigenvalue weighted by Crippen LogP contribution is 2.48. The second-order valence-electron chi connectivity index (χ2n) is 7.31. The zero-order valence-corrected chi connectivity index (χ0v) is 17.9. The quantitative estimate of drug-likeness (QED) is 0.457. The third-order valence-electron chi connectivity index (χ3n) is 5.38. The maximum Gasteiger partial charge on any atom is 0.213 e. The topological polar surface area (TPSA) is 34.1 Å². The number of hydrogen-bond donors (Lipinski definition) is 0. The Hall–Kier alpha value is -2.69. The van der Waals surface area contributed by atoms with Gasteiger partial charge in [0.15, 0.2) is 0 Å². The van der Waals surface area contributed by atoms with Gasteiger partial charge in [-0.2, -0.15) is 5.10 Å². The van der Waals surface area contributed by atoms with Gasteiger partial charge in [-0.1, -0.05) is 35.3 Å². The summed E-state index contributed by atoms with van der Waals surface area (Å²) in [5.74, 6) is 1.68. The van der Waals surface area contributed by atoms with E-state index in [0.29, 0.717) is 16.7 Å². The Kier molecular flexibility index (Phi) is 5.05. The second-order valence-corrected chi connectivity index (χ2v) is 8.18. The predicted molar refractivity (Wildman–Crippen MR) is 120 cm³/mol. The molecule has 5 rings (SSSR count). The van der Waals surface area contributed by atoms with Crippen molar-refractivity contribution in [1.82, 2.24) is 5.01 Å².